The van der Waals surface area contributed by atoms with Crippen molar-refractivity contribution in [3.05, 3.63) is 0 Å². The molecule has 17 heavy (non-hydrogen) atoms. The van der Waals surface area contributed by atoms with E-state index in [1.165, 1.54) is 7.11 Å². The molecule has 0 aliphatic carbocycles. The van der Waals surface area contributed by atoms with Crippen LogP contribution in [-0.4, -0.2) is 39.0 Å². The molecule has 6 heteroatoms. The first-order valence-corrected chi connectivity index (χ1v) is 7.57. The van der Waals surface area contributed by atoms with Crippen LogP contribution in [0.5, 0.6) is 0 Å². The molecule has 1 saturated heterocycles. The SMILES string of the molecule is COC(=O)C(C)(C)C(N)C1CCS(=O)(=O)CC1. The van der Waals surface area contributed by atoms with Crippen LogP contribution in [0.15, 0.2) is 0 Å². The van der Waals surface area contributed by atoms with Gasteiger partial charge in [0.15, 0.2) is 0 Å². The lowest BCUT2D eigenvalue weighted by atomic mass is 9.76. The number of carbonyl (C=O) groups excluding carboxylic acids is 1. The van der Waals surface area contributed by atoms with Crippen LogP contribution in [0.2, 0.25) is 0 Å². The van der Waals surface area contributed by atoms with Crippen LogP contribution < -0.4 is 5.73 Å². The third-order valence-corrected chi connectivity index (χ3v) is 5.37. The van der Waals surface area contributed by atoms with Gasteiger partial charge in [-0.1, -0.05) is 0 Å². The lowest BCUT2D eigenvalue weighted by molar-refractivity contribution is -0.152. The second-order valence-electron chi connectivity index (χ2n) is 5.23. The molecule has 0 aromatic heterocycles. The Hall–Kier alpha value is -0.620. The van der Waals surface area contributed by atoms with E-state index < -0.39 is 15.3 Å². The summed E-state index contributed by atoms with van der Waals surface area (Å²) >= 11 is 0. The molecule has 0 radical (unpaired) electrons. The predicted octanol–water partition coefficient (Wildman–Crippen LogP) is 0.338. The van der Waals surface area contributed by atoms with Crippen molar-refractivity contribution in [2.75, 3.05) is 18.6 Å². The van der Waals surface area contributed by atoms with Crippen LogP contribution in [-0.2, 0) is 19.4 Å². The second-order valence-corrected chi connectivity index (χ2v) is 7.53. The van der Waals surface area contributed by atoms with E-state index in [-0.39, 0.29) is 29.4 Å². The summed E-state index contributed by atoms with van der Waals surface area (Å²) in [7, 11) is -1.56. The molecule has 1 fully saturated rings. The Bertz CT molecular complexity index is 374. The first kappa shape index (κ1) is 14.4. The lowest BCUT2D eigenvalue weighted by Crippen LogP contribution is -2.50. The van der Waals surface area contributed by atoms with Gasteiger partial charge in [0.05, 0.1) is 24.0 Å². The molecule has 0 aromatic rings. The number of methoxy groups -OCH3 is 1. The van der Waals surface area contributed by atoms with E-state index in [2.05, 4.69) is 0 Å². The molecule has 1 aliphatic heterocycles. The van der Waals surface area contributed by atoms with Crippen LogP contribution in [0, 0.1) is 11.3 Å². The molecule has 0 bridgehead atoms. The molecular formula is C11H21NO4S. The zero-order valence-electron chi connectivity index (χ0n) is 10.6. The van der Waals surface area contributed by atoms with Crippen molar-refractivity contribution in [1.82, 2.24) is 0 Å². The van der Waals surface area contributed by atoms with Crippen molar-refractivity contribution in [2.24, 2.45) is 17.1 Å². The highest BCUT2D eigenvalue weighted by atomic mass is 32.2. The lowest BCUT2D eigenvalue weighted by Gasteiger charge is -2.36. The Balaban J connectivity index is 2.72. The molecule has 1 rings (SSSR count). The van der Waals surface area contributed by atoms with Gasteiger partial charge < -0.3 is 10.5 Å². The minimum absolute atomic E-state index is 0.0626. The van der Waals surface area contributed by atoms with Gasteiger partial charge in [0.25, 0.3) is 0 Å². The number of carbonyl (C=O) groups is 1. The number of rotatable bonds is 3. The topological polar surface area (TPSA) is 86.5 Å². The van der Waals surface area contributed by atoms with Gasteiger partial charge >= 0.3 is 5.97 Å². The van der Waals surface area contributed by atoms with E-state index in [1.54, 1.807) is 13.8 Å². The Morgan fingerprint density at radius 3 is 2.24 bits per heavy atom. The highest BCUT2D eigenvalue weighted by Gasteiger charge is 2.41. The average molecular weight is 263 g/mol. The van der Waals surface area contributed by atoms with Gasteiger partial charge in [-0.15, -0.1) is 0 Å². The summed E-state index contributed by atoms with van der Waals surface area (Å²) in [5.41, 5.74) is 5.32. The summed E-state index contributed by atoms with van der Waals surface area (Å²) in [5.74, 6) is 0.0525. The van der Waals surface area contributed by atoms with Crippen LogP contribution in [0.3, 0.4) is 0 Å². The normalized spacial score (nSPS) is 23.1. The van der Waals surface area contributed by atoms with Crippen molar-refractivity contribution >= 4 is 15.8 Å². The van der Waals surface area contributed by atoms with Crippen molar-refractivity contribution < 1.29 is 17.9 Å². The predicted molar refractivity (Wildman–Crippen MR) is 65.2 cm³/mol. The van der Waals surface area contributed by atoms with Crippen molar-refractivity contribution in [1.29, 1.82) is 0 Å². The molecule has 0 amide bonds. The molecule has 1 heterocycles. The zero-order valence-corrected chi connectivity index (χ0v) is 11.4. The van der Waals surface area contributed by atoms with Gasteiger partial charge in [-0.05, 0) is 32.6 Å². The Morgan fingerprint density at radius 2 is 1.82 bits per heavy atom. The summed E-state index contributed by atoms with van der Waals surface area (Å²) in [5, 5.41) is 0. The quantitative estimate of drug-likeness (QED) is 0.742. The van der Waals surface area contributed by atoms with Crippen LogP contribution in [0.4, 0.5) is 0 Å². The molecule has 0 aromatic carbocycles. The Labute approximate surface area is 103 Å². The largest absolute Gasteiger partial charge is 0.469 e. The average Bonchev–Trinajstić information content (AvgIpc) is 2.27. The third kappa shape index (κ3) is 3.19. The minimum atomic E-state index is -2.89. The van der Waals surface area contributed by atoms with Gasteiger partial charge in [0.1, 0.15) is 9.84 Å². The molecule has 2 N–H and O–H groups in total. The number of hydrogen-bond donors (Lipinski definition) is 1. The fraction of sp³-hybridized carbons (Fsp3) is 0.909. The van der Waals surface area contributed by atoms with Crippen molar-refractivity contribution in [3.8, 4) is 0 Å². The molecule has 1 atom stereocenters. The first-order valence-electron chi connectivity index (χ1n) is 5.75. The summed E-state index contributed by atoms with van der Waals surface area (Å²) in [6.07, 6.45) is 1.06. The van der Waals surface area contributed by atoms with E-state index in [9.17, 15) is 13.2 Å². The Morgan fingerprint density at radius 1 is 1.35 bits per heavy atom. The zero-order chi connectivity index (χ0) is 13.3. The molecule has 0 saturated carbocycles. The van der Waals surface area contributed by atoms with Gasteiger partial charge in [-0.3, -0.25) is 4.79 Å². The highest BCUT2D eigenvalue weighted by Crippen LogP contribution is 2.32. The summed E-state index contributed by atoms with van der Waals surface area (Å²) in [6.45, 7) is 3.49. The van der Waals surface area contributed by atoms with Gasteiger partial charge in [-0.2, -0.15) is 0 Å². The van der Waals surface area contributed by atoms with Crippen LogP contribution in [0.1, 0.15) is 26.7 Å². The van der Waals surface area contributed by atoms with E-state index in [4.69, 9.17) is 10.5 Å². The maximum Gasteiger partial charge on any atom is 0.312 e. The van der Waals surface area contributed by atoms with Gasteiger partial charge in [0, 0.05) is 6.04 Å². The maximum atomic E-state index is 11.6. The third-order valence-electron chi connectivity index (χ3n) is 3.65. The number of ether oxygens (including phenoxy) is 1. The fourth-order valence-corrected chi connectivity index (χ4v) is 3.78. The van der Waals surface area contributed by atoms with Crippen molar-refractivity contribution in [2.45, 2.75) is 32.7 Å². The summed E-state index contributed by atoms with van der Waals surface area (Å²) < 4.78 is 27.4. The fourth-order valence-electron chi connectivity index (χ4n) is 2.26. The highest BCUT2D eigenvalue weighted by molar-refractivity contribution is 7.91. The standard InChI is InChI=1S/C11H21NO4S/c1-11(2,10(13)16-3)9(12)8-4-6-17(14,15)7-5-8/h8-9H,4-7,12H2,1-3H3. The number of esters is 1. The smallest absolute Gasteiger partial charge is 0.312 e. The van der Waals surface area contributed by atoms with Gasteiger partial charge in [-0.25, -0.2) is 8.42 Å². The number of sulfone groups is 1. The molecule has 1 aliphatic rings. The number of nitrogens with two attached hydrogens (primary N) is 1. The minimum Gasteiger partial charge on any atom is -0.469 e. The number of hydrogen-bond acceptors (Lipinski definition) is 5. The first-order chi connectivity index (χ1) is 7.70. The maximum absolute atomic E-state index is 11.6. The molecule has 100 valence electrons. The summed E-state index contributed by atoms with van der Waals surface area (Å²) in [4.78, 5) is 11.6. The van der Waals surface area contributed by atoms with Crippen molar-refractivity contribution in [3.63, 3.8) is 0 Å². The van der Waals surface area contributed by atoms with Crippen LogP contribution in [0.25, 0.3) is 0 Å². The van der Waals surface area contributed by atoms with Gasteiger partial charge in [0.2, 0.25) is 0 Å². The summed E-state index contributed by atoms with van der Waals surface area (Å²) in [6, 6.07) is -0.370. The Kier molecular flexibility index (Phi) is 4.19. The molecule has 5 nitrogen and oxygen atoms in total. The van der Waals surface area contributed by atoms with E-state index in [0.29, 0.717) is 12.8 Å². The van der Waals surface area contributed by atoms with E-state index >= 15 is 0 Å². The van der Waals surface area contributed by atoms with E-state index in [1.807, 2.05) is 0 Å². The van der Waals surface area contributed by atoms with E-state index in [0.717, 1.165) is 0 Å². The second kappa shape index (κ2) is 4.94. The van der Waals surface area contributed by atoms with Crippen LogP contribution >= 0.6 is 0 Å². The molecule has 1 unspecified atom stereocenters. The monoisotopic (exact) mass is 263 g/mol. The molecular weight excluding hydrogens is 242 g/mol. The molecule has 0 spiro atoms.